The first-order valence-electron chi connectivity index (χ1n) is 27.6. The van der Waals surface area contributed by atoms with Gasteiger partial charge < -0.3 is 86.3 Å². The molecule has 27 heteroatoms. The lowest BCUT2D eigenvalue weighted by atomic mass is 9.73. The van der Waals surface area contributed by atoms with Crippen LogP contribution in [0.15, 0.2) is 129 Å². The van der Waals surface area contributed by atoms with Crippen molar-refractivity contribution in [3.05, 3.63) is 146 Å². The fourth-order valence-electron chi connectivity index (χ4n) is 13.3. The molecule has 9 saturated heterocycles. The average molecular weight is 1260 g/mol. The van der Waals surface area contributed by atoms with Gasteiger partial charge in [0.1, 0.15) is 17.2 Å². The number of methoxy groups -OCH3 is 3. The van der Waals surface area contributed by atoms with Crippen LogP contribution in [0.5, 0.6) is 17.2 Å². The van der Waals surface area contributed by atoms with Gasteiger partial charge in [-0.1, -0.05) is 18.2 Å². The molecule has 25 nitrogen and oxygen atoms in total. The zero-order valence-electron chi connectivity index (χ0n) is 49.1. The van der Waals surface area contributed by atoms with Crippen LogP contribution in [0.25, 0.3) is 32.7 Å². The maximum atomic E-state index is 11.2. The van der Waals surface area contributed by atoms with Crippen molar-refractivity contribution in [3.63, 3.8) is 0 Å². The first-order valence-corrected chi connectivity index (χ1v) is 30.7. The lowest BCUT2D eigenvalue weighted by molar-refractivity contribution is -0.0445. The van der Waals surface area contributed by atoms with E-state index in [2.05, 4.69) is 67.6 Å². The summed E-state index contributed by atoms with van der Waals surface area (Å²) >= 11 is 0. The number of hydrogen-bond acceptors (Lipinski definition) is 14. The molecule has 12 heterocycles. The molecule has 9 fully saturated rings. The summed E-state index contributed by atoms with van der Waals surface area (Å²) in [5.74, 6) is 6.02. The molecule has 0 amide bonds. The van der Waals surface area contributed by atoms with Crippen molar-refractivity contribution in [1.82, 2.24) is 29.7 Å². The summed E-state index contributed by atoms with van der Waals surface area (Å²) in [7, 11) is -4.29. The summed E-state index contributed by atoms with van der Waals surface area (Å²) < 4.78 is 33.8. The number of ether oxygens (including phenoxy) is 3. The lowest BCUT2D eigenvalue weighted by Gasteiger charge is -2.50. The predicted octanol–water partition coefficient (Wildman–Crippen LogP) is 3.54. The van der Waals surface area contributed by atoms with Crippen LogP contribution in [0, 0.1) is 35.5 Å². The molecule has 482 valence electrons. The zero-order chi connectivity index (χ0) is 59.0. The summed E-state index contributed by atoms with van der Waals surface area (Å²) in [6.07, 6.45) is 16.9. The molecule has 3 aromatic heterocycles. The minimum atomic E-state index is -4.64. The smallest absolute Gasteiger partial charge is 0.466 e. The second-order valence-corrected chi connectivity index (χ2v) is 24.0. The van der Waals surface area contributed by atoms with Crippen LogP contribution >= 0.6 is 15.6 Å². The van der Waals surface area contributed by atoms with Crippen LogP contribution < -0.4 is 14.2 Å². The highest BCUT2D eigenvalue weighted by atomic mass is 31.2. The number of hydrogen-bond donors (Lipinski definition) is 9. The third-order valence-electron chi connectivity index (χ3n) is 17.5. The van der Waals surface area contributed by atoms with E-state index in [1.54, 1.807) is 39.9 Å². The number of aliphatic hydroxyl groups excluding tert-OH is 3. The third kappa shape index (κ3) is 18.7. The van der Waals surface area contributed by atoms with Gasteiger partial charge in [0, 0.05) is 72.5 Å². The fraction of sp³-hybridized carbons (Fsp3) is 0.450. The second-order valence-electron chi connectivity index (χ2n) is 21.9. The number of aliphatic hydroxyl groups is 3. The number of rotatable bonds is 12. The Labute approximate surface area is 505 Å². The highest BCUT2D eigenvalue weighted by molar-refractivity contribution is 7.45. The summed E-state index contributed by atoms with van der Waals surface area (Å²) in [5, 5.41) is 36.4. The fourth-order valence-corrected chi connectivity index (χ4v) is 13.3. The minimum Gasteiger partial charge on any atom is -0.497 e. The number of aromatic nitrogens is 3. The largest absolute Gasteiger partial charge is 0.497 e. The predicted molar refractivity (Wildman–Crippen MR) is 332 cm³/mol. The summed E-state index contributed by atoms with van der Waals surface area (Å²) in [5.41, 5.74) is 5.54. The molecule has 3 unspecified atom stereocenters. The molecule has 9 aliphatic rings. The van der Waals surface area contributed by atoms with Gasteiger partial charge in [-0.25, -0.2) is 9.13 Å². The molecule has 3 aromatic carbocycles. The van der Waals surface area contributed by atoms with E-state index in [-0.39, 0.29) is 45.5 Å². The molecule has 0 saturated carbocycles. The van der Waals surface area contributed by atoms with Gasteiger partial charge in [0.05, 0.1) is 56.2 Å². The Morgan fingerprint density at radius 1 is 0.460 bits per heavy atom. The first-order chi connectivity index (χ1) is 39.1. The molecule has 9 aliphatic heterocycles. The van der Waals surface area contributed by atoms with Gasteiger partial charge in [0.15, 0.2) is 0 Å². The van der Waals surface area contributed by atoms with Crippen LogP contribution in [-0.2, 0) is 9.13 Å². The quantitative estimate of drug-likeness (QED) is 0.0625. The van der Waals surface area contributed by atoms with E-state index >= 15 is 0 Å². The van der Waals surface area contributed by atoms with E-state index in [1.165, 1.54) is 19.3 Å². The number of piperidine rings is 9. The van der Waals surface area contributed by atoms with E-state index in [0.29, 0.717) is 35.5 Å². The summed E-state index contributed by atoms with van der Waals surface area (Å²) in [4.78, 5) is 63.7. The Balaban J connectivity index is 0.000000308. The van der Waals surface area contributed by atoms with Gasteiger partial charge >= 0.3 is 15.6 Å². The van der Waals surface area contributed by atoms with E-state index in [1.807, 2.05) is 72.8 Å². The number of pyridine rings is 3. The Bertz CT molecular complexity index is 2940. The number of fused-ring (bicyclic) bond motifs is 12. The topological polar surface area (TPSA) is 450 Å². The Hall–Kier alpha value is -5.71. The molecule has 6 aromatic rings. The second kappa shape index (κ2) is 33.2. The van der Waals surface area contributed by atoms with E-state index < -0.39 is 34.0 Å². The molecule has 15 rings (SSSR count). The van der Waals surface area contributed by atoms with Crippen LogP contribution in [0.3, 0.4) is 0 Å². The van der Waals surface area contributed by atoms with Crippen molar-refractivity contribution in [2.24, 2.45) is 35.5 Å². The van der Waals surface area contributed by atoms with Crippen molar-refractivity contribution in [1.29, 1.82) is 0 Å². The van der Waals surface area contributed by atoms with Gasteiger partial charge in [-0.2, -0.15) is 0 Å². The SMILES string of the molecule is C=C[C@H]1CN2CC[C@H]1C[C@H]2[C@H](O)c1ccnc2ccc(OC)cc12.C=C[C@H]1CN2CC[C@H]1C[C@H]2[C@H](O)c1ccnc2ccc(OC)cc12.C=C[C@H]1CN2CC[C@H]1C[C@H]2[C@H](O)c1ccnc2ccc(OC)cc12.O.O.O.O.O.O=P(O)(O)O.O=P(O)(O)O. The van der Waals surface area contributed by atoms with Crippen molar-refractivity contribution >= 4 is 48.4 Å². The van der Waals surface area contributed by atoms with Crippen molar-refractivity contribution in [2.75, 3.05) is 60.6 Å². The zero-order valence-corrected chi connectivity index (χ0v) is 50.9. The van der Waals surface area contributed by atoms with Crippen LogP contribution in [0.1, 0.15) is 73.5 Å². The monoisotopic (exact) mass is 1260 g/mol. The normalized spacial score (nSPS) is 26.4. The number of nitrogens with zero attached hydrogens (tertiary/aromatic N) is 6. The molecular weight excluding hydrogens is 1170 g/mol. The van der Waals surface area contributed by atoms with Crippen LogP contribution in [-0.4, -0.2) is 180 Å². The minimum absolute atomic E-state index is 0. The number of phosphoric acid groups is 2. The Kier molecular flexibility index (Phi) is 28.8. The average Bonchev–Trinajstić information content (AvgIpc) is 1.04. The first kappa shape index (κ1) is 75.5. The highest BCUT2D eigenvalue weighted by Crippen LogP contribution is 2.45. The molecule has 0 aliphatic carbocycles. The molecule has 87 heavy (non-hydrogen) atoms. The number of benzene rings is 3. The molecule has 6 bridgehead atoms. The van der Waals surface area contributed by atoms with Gasteiger partial charge in [-0.15, -0.1) is 19.7 Å². The van der Waals surface area contributed by atoms with Crippen LogP contribution in [0.2, 0.25) is 0 Å². The Morgan fingerprint density at radius 3 is 0.897 bits per heavy atom. The van der Waals surface area contributed by atoms with Gasteiger partial charge in [-0.3, -0.25) is 29.7 Å². The summed E-state index contributed by atoms with van der Waals surface area (Å²) in [6, 6.07) is 23.9. The van der Waals surface area contributed by atoms with Crippen molar-refractivity contribution in [2.45, 2.75) is 75.0 Å². The van der Waals surface area contributed by atoms with E-state index in [4.69, 9.17) is 52.7 Å². The van der Waals surface area contributed by atoms with E-state index in [0.717, 1.165) is 125 Å². The molecular formula is C60H88N6O19P2. The molecule has 19 N–H and O–H groups in total. The van der Waals surface area contributed by atoms with Crippen molar-refractivity contribution in [3.8, 4) is 17.2 Å². The van der Waals surface area contributed by atoms with Gasteiger partial charge in [0.2, 0.25) is 0 Å². The Morgan fingerprint density at radius 2 is 0.701 bits per heavy atom. The third-order valence-corrected chi connectivity index (χ3v) is 17.5. The van der Waals surface area contributed by atoms with Crippen LogP contribution in [0.4, 0.5) is 0 Å². The lowest BCUT2D eigenvalue weighted by Crippen LogP contribution is -2.54. The highest BCUT2D eigenvalue weighted by Gasteiger charge is 2.45. The standard InChI is InChI=1S/3C20H24N2O2.2H3O4P.5H2O/c3*1-3-13-12-22-9-7-14(13)10-19(22)20(23)16-6-8-21-18-5-4-15(24-2)11-17(16)18;2*1-5(2,3)4;;;;;/h3*3-6,8,11,13-14,19-20,23H,1,7,9-10,12H2,2H3;2*(H3,1,2,3,4);5*1H2/t3*13-,14-,19-,20+;;;;;;;/m000......./s1. The van der Waals surface area contributed by atoms with Gasteiger partial charge in [-0.05, 0) is 183 Å². The van der Waals surface area contributed by atoms with E-state index in [9.17, 15) is 15.3 Å². The maximum Gasteiger partial charge on any atom is 0.466 e. The summed E-state index contributed by atoms with van der Waals surface area (Å²) in [6.45, 7) is 18.2. The van der Waals surface area contributed by atoms with Gasteiger partial charge in [0.25, 0.3) is 0 Å². The van der Waals surface area contributed by atoms with Crippen molar-refractivity contribution < 1.29 is 95.4 Å². The molecule has 15 atom stereocenters. The maximum absolute atomic E-state index is 11.2. The molecule has 0 radical (unpaired) electrons. The molecule has 0 spiro atoms.